The maximum Gasteiger partial charge on any atom is 0.416 e. The highest BCUT2D eigenvalue weighted by molar-refractivity contribution is 5.95. The molecule has 0 bridgehead atoms. The topological polar surface area (TPSA) is 62.6 Å². The van der Waals surface area contributed by atoms with Gasteiger partial charge in [0, 0.05) is 13.6 Å². The maximum absolute atomic E-state index is 13.0. The molecule has 2 aromatic rings. The van der Waals surface area contributed by atoms with E-state index in [-0.39, 0.29) is 17.9 Å². The molecular weight excluding hydrogens is 337 g/mol. The molecule has 1 unspecified atom stereocenters. The average Bonchev–Trinajstić information content (AvgIpc) is 3.08. The van der Waals surface area contributed by atoms with Gasteiger partial charge < -0.3 is 14.6 Å². The van der Waals surface area contributed by atoms with Crippen molar-refractivity contribution in [1.82, 2.24) is 10.2 Å². The largest absolute Gasteiger partial charge is 0.459 e. The summed E-state index contributed by atoms with van der Waals surface area (Å²) in [5.41, 5.74) is -0.808. The third kappa shape index (κ3) is 4.62. The summed E-state index contributed by atoms with van der Waals surface area (Å²) < 4.78 is 44.0. The van der Waals surface area contributed by atoms with Gasteiger partial charge >= 0.3 is 6.18 Å². The van der Waals surface area contributed by atoms with Crippen LogP contribution in [0.2, 0.25) is 0 Å². The van der Waals surface area contributed by atoms with Crippen molar-refractivity contribution >= 4 is 11.8 Å². The van der Waals surface area contributed by atoms with Gasteiger partial charge in [0.25, 0.3) is 5.91 Å². The number of benzene rings is 1. The summed E-state index contributed by atoms with van der Waals surface area (Å²) in [6, 6.07) is 7.11. The molecule has 1 N–H and O–H groups in total. The molecule has 5 nitrogen and oxygen atoms in total. The van der Waals surface area contributed by atoms with Crippen molar-refractivity contribution in [3.05, 3.63) is 59.5 Å². The lowest BCUT2D eigenvalue weighted by atomic mass is 10.1. The minimum absolute atomic E-state index is 0.0181. The summed E-state index contributed by atoms with van der Waals surface area (Å²) in [4.78, 5) is 25.3. The fourth-order valence-electron chi connectivity index (χ4n) is 2.34. The van der Waals surface area contributed by atoms with E-state index in [1.807, 2.05) is 0 Å². The number of hydrogen-bond acceptors (Lipinski definition) is 3. The molecule has 1 heterocycles. The van der Waals surface area contributed by atoms with Crippen molar-refractivity contribution in [3.8, 4) is 0 Å². The number of likely N-dealkylation sites (N-methyl/N-ethyl adjacent to an activating group) is 1. The minimum Gasteiger partial charge on any atom is -0.459 e. The molecule has 2 rings (SSSR count). The SMILES string of the molecule is CC(NC(=O)c1ccco1)C(=O)N(C)Cc1ccccc1C(F)(F)F. The summed E-state index contributed by atoms with van der Waals surface area (Å²) in [5, 5.41) is 2.45. The molecule has 8 heteroatoms. The standard InChI is InChI=1S/C17H17F3N2O3/c1-11(21-15(23)14-8-5-9-25-14)16(24)22(2)10-12-6-3-4-7-13(12)17(18,19)20/h3-9,11H,10H2,1-2H3,(H,21,23). The van der Waals surface area contributed by atoms with E-state index in [0.29, 0.717) is 0 Å². The van der Waals surface area contributed by atoms with E-state index >= 15 is 0 Å². The van der Waals surface area contributed by atoms with Gasteiger partial charge in [-0.2, -0.15) is 13.2 Å². The Hall–Kier alpha value is -2.77. The Morgan fingerprint density at radius 3 is 2.48 bits per heavy atom. The van der Waals surface area contributed by atoms with Crippen LogP contribution in [-0.4, -0.2) is 29.8 Å². The van der Waals surface area contributed by atoms with Crippen LogP contribution >= 0.6 is 0 Å². The van der Waals surface area contributed by atoms with Crippen molar-refractivity contribution in [2.75, 3.05) is 7.05 Å². The summed E-state index contributed by atoms with van der Waals surface area (Å²) in [6.45, 7) is 1.23. The zero-order valence-electron chi connectivity index (χ0n) is 13.6. The molecule has 1 aromatic heterocycles. The number of rotatable bonds is 5. The van der Waals surface area contributed by atoms with E-state index < -0.39 is 29.6 Å². The van der Waals surface area contributed by atoms with Gasteiger partial charge in [-0.1, -0.05) is 18.2 Å². The van der Waals surface area contributed by atoms with E-state index in [1.165, 1.54) is 50.6 Å². The van der Waals surface area contributed by atoms with Gasteiger partial charge in [0.15, 0.2) is 5.76 Å². The van der Waals surface area contributed by atoms with E-state index in [0.717, 1.165) is 11.0 Å². The van der Waals surface area contributed by atoms with Crippen LogP contribution < -0.4 is 5.32 Å². The fourth-order valence-corrected chi connectivity index (χ4v) is 2.34. The number of carbonyl (C=O) groups excluding carboxylic acids is 2. The first-order chi connectivity index (χ1) is 11.7. The molecule has 0 aliphatic heterocycles. The monoisotopic (exact) mass is 354 g/mol. The minimum atomic E-state index is -4.50. The quantitative estimate of drug-likeness (QED) is 0.898. The number of amides is 2. The number of halogens is 3. The fraction of sp³-hybridized carbons (Fsp3) is 0.294. The van der Waals surface area contributed by atoms with Crippen molar-refractivity contribution < 1.29 is 27.2 Å². The van der Waals surface area contributed by atoms with Gasteiger partial charge in [-0.3, -0.25) is 9.59 Å². The van der Waals surface area contributed by atoms with Gasteiger partial charge in [0.2, 0.25) is 5.91 Å². The predicted molar refractivity (Wildman–Crippen MR) is 83.6 cm³/mol. The number of carbonyl (C=O) groups is 2. The van der Waals surface area contributed by atoms with E-state index in [1.54, 1.807) is 0 Å². The average molecular weight is 354 g/mol. The van der Waals surface area contributed by atoms with Crippen LogP contribution in [-0.2, 0) is 17.5 Å². The molecule has 1 aromatic carbocycles. The van der Waals surface area contributed by atoms with Gasteiger partial charge in [-0.25, -0.2) is 0 Å². The maximum atomic E-state index is 13.0. The van der Waals surface area contributed by atoms with Crippen LogP contribution in [0.3, 0.4) is 0 Å². The molecule has 0 radical (unpaired) electrons. The van der Waals surface area contributed by atoms with Crippen molar-refractivity contribution in [1.29, 1.82) is 0 Å². The second-order valence-electron chi connectivity index (χ2n) is 5.52. The second kappa shape index (κ2) is 7.42. The zero-order chi connectivity index (χ0) is 18.6. The first-order valence-electron chi connectivity index (χ1n) is 7.44. The highest BCUT2D eigenvalue weighted by Crippen LogP contribution is 2.32. The normalized spacial score (nSPS) is 12.5. The van der Waals surface area contributed by atoms with Gasteiger partial charge in [0.1, 0.15) is 6.04 Å². The summed E-state index contributed by atoms with van der Waals surface area (Å²) in [5.74, 6) is -1.04. The summed E-state index contributed by atoms with van der Waals surface area (Å²) >= 11 is 0. The summed E-state index contributed by atoms with van der Waals surface area (Å²) in [7, 11) is 1.38. The molecule has 0 saturated carbocycles. The third-order valence-electron chi connectivity index (χ3n) is 3.57. The van der Waals surface area contributed by atoms with E-state index in [9.17, 15) is 22.8 Å². The molecule has 0 spiro atoms. The second-order valence-corrected chi connectivity index (χ2v) is 5.52. The Balaban J connectivity index is 2.04. The highest BCUT2D eigenvalue weighted by Gasteiger charge is 2.33. The first kappa shape index (κ1) is 18.6. The van der Waals surface area contributed by atoms with Crippen LogP contribution in [0.4, 0.5) is 13.2 Å². The summed E-state index contributed by atoms with van der Waals surface area (Å²) in [6.07, 6.45) is -3.18. The smallest absolute Gasteiger partial charge is 0.416 e. The molecule has 25 heavy (non-hydrogen) atoms. The van der Waals surface area contributed by atoms with Gasteiger partial charge in [-0.15, -0.1) is 0 Å². The Kier molecular flexibility index (Phi) is 5.51. The zero-order valence-corrected chi connectivity index (χ0v) is 13.6. The van der Waals surface area contributed by atoms with E-state index in [2.05, 4.69) is 5.32 Å². The van der Waals surface area contributed by atoms with Crippen LogP contribution in [0.5, 0.6) is 0 Å². The number of alkyl halides is 3. The Morgan fingerprint density at radius 2 is 1.88 bits per heavy atom. The molecule has 1 atom stereocenters. The van der Waals surface area contributed by atoms with Crippen LogP contribution in [0.15, 0.2) is 47.1 Å². The molecule has 0 aliphatic carbocycles. The number of nitrogens with one attached hydrogen (secondary N) is 1. The van der Waals surface area contributed by atoms with Crippen LogP contribution in [0.1, 0.15) is 28.6 Å². The van der Waals surface area contributed by atoms with Gasteiger partial charge in [0.05, 0.1) is 11.8 Å². The lowest BCUT2D eigenvalue weighted by molar-refractivity contribution is -0.139. The van der Waals surface area contributed by atoms with Crippen molar-refractivity contribution in [2.24, 2.45) is 0 Å². The number of nitrogens with zero attached hydrogens (tertiary/aromatic N) is 1. The van der Waals surface area contributed by atoms with Crippen molar-refractivity contribution in [3.63, 3.8) is 0 Å². The predicted octanol–water partition coefficient (Wildman–Crippen LogP) is 3.08. The van der Waals surface area contributed by atoms with Crippen LogP contribution in [0, 0.1) is 0 Å². The molecule has 2 amide bonds. The molecule has 0 fully saturated rings. The molecular formula is C17H17F3N2O3. The molecule has 0 saturated heterocycles. The number of hydrogen-bond donors (Lipinski definition) is 1. The van der Waals surface area contributed by atoms with Crippen LogP contribution in [0.25, 0.3) is 0 Å². The van der Waals surface area contributed by atoms with Gasteiger partial charge in [-0.05, 0) is 30.7 Å². The highest BCUT2D eigenvalue weighted by atomic mass is 19.4. The Bertz CT molecular complexity index is 742. The lowest BCUT2D eigenvalue weighted by Crippen LogP contribution is -2.45. The molecule has 134 valence electrons. The molecule has 0 aliphatic rings. The van der Waals surface area contributed by atoms with E-state index in [4.69, 9.17) is 4.42 Å². The Labute approximate surface area is 142 Å². The third-order valence-corrected chi connectivity index (χ3v) is 3.57. The van der Waals surface area contributed by atoms with Crippen molar-refractivity contribution in [2.45, 2.75) is 25.7 Å². The number of furan rings is 1. The Morgan fingerprint density at radius 1 is 1.20 bits per heavy atom. The first-order valence-corrected chi connectivity index (χ1v) is 7.44. The lowest BCUT2D eigenvalue weighted by Gasteiger charge is -2.23.